The smallest absolute Gasteiger partial charge is 0.311 e. The molecule has 0 spiro atoms. The molecule has 2 atom stereocenters. The number of likely N-dealkylation sites (N-methyl/N-ethyl adjacent to an activating group) is 1. The topological polar surface area (TPSA) is 86.5 Å². The lowest BCUT2D eigenvalue weighted by molar-refractivity contribution is -0.141. The van der Waals surface area contributed by atoms with Crippen LogP contribution in [-0.4, -0.2) is 41.9 Å². The minimum absolute atomic E-state index is 0.199. The molecule has 6 nitrogen and oxygen atoms in total. The zero-order valence-corrected chi connectivity index (χ0v) is 11.5. The van der Waals surface area contributed by atoms with E-state index in [4.69, 9.17) is 4.74 Å². The maximum Gasteiger partial charge on any atom is 0.311 e. The van der Waals surface area contributed by atoms with Crippen molar-refractivity contribution in [3.8, 4) is 6.07 Å². The van der Waals surface area contributed by atoms with E-state index in [1.54, 1.807) is 12.1 Å². The second-order valence-electron chi connectivity index (χ2n) is 4.77. The molecule has 1 N–H and O–H groups in total. The summed E-state index contributed by atoms with van der Waals surface area (Å²) >= 11 is 0. The Labute approximate surface area is 117 Å². The molecule has 1 aliphatic heterocycles. The third-order valence-electron chi connectivity index (χ3n) is 3.52. The summed E-state index contributed by atoms with van der Waals surface area (Å²) in [5, 5.41) is 18.5. The Kier molecular flexibility index (Phi) is 4.20. The van der Waals surface area contributed by atoms with Gasteiger partial charge in [-0.3, -0.25) is 4.79 Å². The van der Waals surface area contributed by atoms with E-state index in [0.717, 1.165) is 5.69 Å². The van der Waals surface area contributed by atoms with Crippen LogP contribution in [0, 0.1) is 24.2 Å². The molecule has 2 heterocycles. The summed E-state index contributed by atoms with van der Waals surface area (Å²) in [4.78, 5) is 17.6. The minimum Gasteiger partial charge on any atom is -0.481 e. The number of carboxylic acid groups (broad SMARTS) is 1. The largest absolute Gasteiger partial charge is 0.481 e. The number of hydrogen-bond acceptors (Lipinski definition) is 5. The molecule has 106 valence electrons. The quantitative estimate of drug-likeness (QED) is 0.888. The molecule has 0 amide bonds. The number of anilines is 1. The van der Waals surface area contributed by atoms with Crippen LogP contribution < -0.4 is 4.90 Å². The normalized spacial score (nSPS) is 21.4. The van der Waals surface area contributed by atoms with Gasteiger partial charge in [-0.2, -0.15) is 5.26 Å². The average molecular weight is 275 g/mol. The van der Waals surface area contributed by atoms with Crippen molar-refractivity contribution in [2.45, 2.75) is 19.9 Å². The first-order chi connectivity index (χ1) is 9.58. The molecule has 0 aliphatic carbocycles. The van der Waals surface area contributed by atoms with E-state index in [-0.39, 0.29) is 12.6 Å². The Hall–Kier alpha value is -2.13. The van der Waals surface area contributed by atoms with Gasteiger partial charge < -0.3 is 14.7 Å². The van der Waals surface area contributed by atoms with Gasteiger partial charge in [0, 0.05) is 12.2 Å². The van der Waals surface area contributed by atoms with Crippen LogP contribution in [0.5, 0.6) is 0 Å². The fourth-order valence-corrected chi connectivity index (χ4v) is 2.48. The van der Waals surface area contributed by atoms with E-state index in [0.29, 0.717) is 24.5 Å². The first kappa shape index (κ1) is 14.3. The number of carboxylic acids is 1. The highest BCUT2D eigenvalue weighted by Gasteiger charge is 2.38. The molecule has 0 radical (unpaired) electrons. The number of aliphatic carboxylic acids is 1. The number of nitriles is 1. The molecule has 2 rings (SSSR count). The molecule has 1 saturated heterocycles. The Morgan fingerprint density at radius 3 is 2.95 bits per heavy atom. The van der Waals surface area contributed by atoms with Gasteiger partial charge in [0.2, 0.25) is 0 Å². The molecular weight excluding hydrogens is 258 g/mol. The van der Waals surface area contributed by atoms with E-state index in [2.05, 4.69) is 11.1 Å². The van der Waals surface area contributed by atoms with Crippen LogP contribution in [0.25, 0.3) is 0 Å². The zero-order chi connectivity index (χ0) is 14.7. The van der Waals surface area contributed by atoms with E-state index in [9.17, 15) is 15.2 Å². The van der Waals surface area contributed by atoms with Crippen LogP contribution in [0.3, 0.4) is 0 Å². The van der Waals surface area contributed by atoms with E-state index >= 15 is 0 Å². The van der Waals surface area contributed by atoms with Crippen molar-refractivity contribution in [1.29, 1.82) is 5.26 Å². The highest BCUT2D eigenvalue weighted by molar-refractivity contribution is 5.72. The SMILES string of the molecule is CCN(c1nc(C)ccc1C#N)C1COCC1C(=O)O. The van der Waals surface area contributed by atoms with Crippen molar-refractivity contribution in [3.63, 3.8) is 0 Å². The third-order valence-corrected chi connectivity index (χ3v) is 3.52. The van der Waals surface area contributed by atoms with Crippen molar-refractivity contribution in [2.75, 3.05) is 24.7 Å². The predicted octanol–water partition coefficient (Wildman–Crippen LogP) is 1.19. The number of aromatic nitrogens is 1. The van der Waals surface area contributed by atoms with Crippen molar-refractivity contribution < 1.29 is 14.6 Å². The lowest BCUT2D eigenvalue weighted by Crippen LogP contribution is -2.44. The summed E-state index contributed by atoms with van der Waals surface area (Å²) in [7, 11) is 0. The van der Waals surface area contributed by atoms with Crippen molar-refractivity contribution in [3.05, 3.63) is 23.4 Å². The molecule has 6 heteroatoms. The second kappa shape index (κ2) is 5.88. The molecule has 20 heavy (non-hydrogen) atoms. The van der Waals surface area contributed by atoms with E-state index in [1.165, 1.54) is 0 Å². The number of carbonyl (C=O) groups is 1. The number of ether oxygens (including phenoxy) is 1. The predicted molar refractivity (Wildman–Crippen MR) is 72.4 cm³/mol. The summed E-state index contributed by atoms with van der Waals surface area (Å²) in [5.41, 5.74) is 1.25. The van der Waals surface area contributed by atoms with E-state index < -0.39 is 11.9 Å². The summed E-state index contributed by atoms with van der Waals surface area (Å²) in [6.45, 7) is 4.87. The van der Waals surface area contributed by atoms with Crippen molar-refractivity contribution in [1.82, 2.24) is 4.98 Å². The van der Waals surface area contributed by atoms with Crippen LogP contribution in [-0.2, 0) is 9.53 Å². The van der Waals surface area contributed by atoms with Gasteiger partial charge in [-0.15, -0.1) is 0 Å². The summed E-state index contributed by atoms with van der Waals surface area (Å²) in [5.74, 6) is -0.933. The van der Waals surface area contributed by atoms with Gasteiger partial charge in [0.05, 0.1) is 24.8 Å². The third kappa shape index (κ3) is 2.58. The first-order valence-electron chi connectivity index (χ1n) is 6.53. The monoisotopic (exact) mass is 275 g/mol. The molecule has 1 aromatic rings. The Morgan fingerprint density at radius 2 is 2.35 bits per heavy atom. The Balaban J connectivity index is 2.40. The molecule has 2 unspecified atom stereocenters. The number of pyridine rings is 1. The molecule has 1 aliphatic rings. The van der Waals surface area contributed by atoms with Crippen molar-refractivity contribution in [2.24, 2.45) is 5.92 Å². The molecule has 1 aromatic heterocycles. The van der Waals surface area contributed by atoms with Crippen LogP contribution in [0.1, 0.15) is 18.2 Å². The fraction of sp³-hybridized carbons (Fsp3) is 0.500. The summed E-state index contributed by atoms with van der Waals surface area (Å²) < 4.78 is 5.31. The molecule has 0 bridgehead atoms. The number of nitrogens with zero attached hydrogens (tertiary/aromatic N) is 3. The number of hydrogen-bond donors (Lipinski definition) is 1. The second-order valence-corrected chi connectivity index (χ2v) is 4.77. The van der Waals surface area contributed by atoms with Gasteiger partial charge in [-0.05, 0) is 26.0 Å². The zero-order valence-electron chi connectivity index (χ0n) is 11.5. The van der Waals surface area contributed by atoms with Crippen LogP contribution in [0.4, 0.5) is 5.82 Å². The minimum atomic E-state index is -0.878. The van der Waals surface area contributed by atoms with Gasteiger partial charge in [0.1, 0.15) is 17.8 Å². The van der Waals surface area contributed by atoms with Crippen LogP contribution in [0.15, 0.2) is 12.1 Å². The Bertz CT molecular complexity index is 553. The van der Waals surface area contributed by atoms with Crippen LogP contribution >= 0.6 is 0 Å². The molecular formula is C14H17N3O3. The number of aryl methyl sites for hydroxylation is 1. The lowest BCUT2D eigenvalue weighted by atomic mass is 10.0. The van der Waals surface area contributed by atoms with Gasteiger partial charge in [-0.25, -0.2) is 4.98 Å². The first-order valence-corrected chi connectivity index (χ1v) is 6.53. The average Bonchev–Trinajstić information content (AvgIpc) is 2.89. The molecule has 1 fully saturated rings. The fourth-order valence-electron chi connectivity index (χ4n) is 2.48. The summed E-state index contributed by atoms with van der Waals surface area (Å²) in [6, 6.07) is 5.31. The highest BCUT2D eigenvalue weighted by Crippen LogP contribution is 2.27. The summed E-state index contributed by atoms with van der Waals surface area (Å²) in [6.07, 6.45) is 0. The van der Waals surface area contributed by atoms with Gasteiger partial charge in [0.25, 0.3) is 0 Å². The lowest BCUT2D eigenvalue weighted by Gasteiger charge is -2.31. The highest BCUT2D eigenvalue weighted by atomic mass is 16.5. The van der Waals surface area contributed by atoms with Gasteiger partial charge in [0.15, 0.2) is 0 Å². The Morgan fingerprint density at radius 1 is 1.60 bits per heavy atom. The van der Waals surface area contributed by atoms with Crippen LogP contribution in [0.2, 0.25) is 0 Å². The standard InChI is InChI=1S/C14H17N3O3/c1-3-17(12-8-20-7-11(12)14(18)19)13-10(6-15)5-4-9(2)16-13/h4-5,11-12H,3,7-8H2,1-2H3,(H,18,19). The maximum atomic E-state index is 11.3. The van der Waals surface area contributed by atoms with Crippen molar-refractivity contribution >= 4 is 11.8 Å². The molecule has 0 saturated carbocycles. The van der Waals surface area contributed by atoms with Gasteiger partial charge in [-0.1, -0.05) is 0 Å². The van der Waals surface area contributed by atoms with Gasteiger partial charge >= 0.3 is 5.97 Å². The number of rotatable bonds is 4. The maximum absolute atomic E-state index is 11.3. The van der Waals surface area contributed by atoms with E-state index in [1.807, 2.05) is 18.7 Å². The molecule has 0 aromatic carbocycles.